The Labute approximate surface area is 181 Å². The number of carbonyl (C=O) groups excluding carboxylic acids is 1. The average Bonchev–Trinajstić information content (AvgIpc) is 3.44. The second-order valence-corrected chi connectivity index (χ2v) is 9.92. The third-order valence-corrected chi connectivity index (χ3v) is 7.16. The zero-order valence-electron chi connectivity index (χ0n) is 17.8. The van der Waals surface area contributed by atoms with Gasteiger partial charge in [0.2, 0.25) is 10.0 Å². The molecule has 0 radical (unpaired) electrons. The molecule has 3 aromatic heterocycles. The number of aryl methyl sites for hydroxylation is 1. The predicted molar refractivity (Wildman–Crippen MR) is 118 cm³/mol. The van der Waals surface area contributed by atoms with Gasteiger partial charge in [-0.1, -0.05) is 13.3 Å². The number of sulfonamides is 1. The molecule has 11 heteroatoms. The van der Waals surface area contributed by atoms with Crippen molar-refractivity contribution in [1.29, 1.82) is 0 Å². The van der Waals surface area contributed by atoms with Gasteiger partial charge in [0.05, 0.1) is 35.4 Å². The maximum Gasteiger partial charge on any atom is 0.252 e. The van der Waals surface area contributed by atoms with E-state index in [1.807, 2.05) is 37.0 Å². The fourth-order valence-electron chi connectivity index (χ4n) is 4.10. The molecule has 1 aliphatic rings. The summed E-state index contributed by atoms with van der Waals surface area (Å²) in [4.78, 5) is 12.1. The molecule has 10 nitrogen and oxygen atoms in total. The molecule has 0 bridgehead atoms. The van der Waals surface area contributed by atoms with Gasteiger partial charge in [0, 0.05) is 49.2 Å². The maximum atomic E-state index is 12.1. The molecule has 0 spiro atoms. The first-order chi connectivity index (χ1) is 14.7. The number of nitrogens with one attached hydrogen (secondary N) is 1. The standard InChI is InChI=1S/C20H27N7O3S/c1-4-13-10-26(31(3,29)30)12-17(13)24-19-16(20(21)28)8-23-27-11-14(6-18(19)27)15-7-22-25(5-2)9-15/h6-9,11,13,17,24H,4-5,10,12H2,1-3H3,(H2,21,28)/t13-,17+/m0/s1. The number of nitrogens with two attached hydrogens (primary N) is 1. The maximum absolute atomic E-state index is 12.1. The fraction of sp³-hybridized carbons (Fsp3) is 0.450. The van der Waals surface area contributed by atoms with E-state index < -0.39 is 15.9 Å². The Morgan fingerprint density at radius 1 is 1.19 bits per heavy atom. The molecule has 4 rings (SSSR count). The lowest BCUT2D eigenvalue weighted by Gasteiger charge is -2.21. The van der Waals surface area contributed by atoms with Crippen molar-refractivity contribution in [2.75, 3.05) is 24.7 Å². The smallest absolute Gasteiger partial charge is 0.252 e. The van der Waals surface area contributed by atoms with Crippen LogP contribution in [0.4, 0.5) is 5.69 Å². The second kappa shape index (κ2) is 7.97. The topological polar surface area (TPSA) is 128 Å². The number of primary amides is 1. The van der Waals surface area contributed by atoms with Gasteiger partial charge in [-0.05, 0) is 18.9 Å². The second-order valence-electron chi connectivity index (χ2n) is 7.94. The summed E-state index contributed by atoms with van der Waals surface area (Å²) in [5, 5.41) is 12.1. The van der Waals surface area contributed by atoms with Crippen LogP contribution in [-0.2, 0) is 16.6 Å². The van der Waals surface area contributed by atoms with Gasteiger partial charge in [-0.2, -0.15) is 14.5 Å². The number of hydrogen-bond donors (Lipinski definition) is 2. The Balaban J connectivity index is 1.76. The van der Waals surface area contributed by atoms with Gasteiger partial charge in [0.1, 0.15) is 0 Å². The first-order valence-electron chi connectivity index (χ1n) is 10.3. The van der Waals surface area contributed by atoms with Crippen LogP contribution in [0.15, 0.2) is 30.9 Å². The summed E-state index contributed by atoms with van der Waals surface area (Å²) in [7, 11) is -3.30. The van der Waals surface area contributed by atoms with E-state index in [1.165, 1.54) is 16.8 Å². The lowest BCUT2D eigenvalue weighted by Crippen LogP contribution is -2.32. The summed E-state index contributed by atoms with van der Waals surface area (Å²) in [5.74, 6) is -0.481. The summed E-state index contributed by atoms with van der Waals surface area (Å²) >= 11 is 0. The van der Waals surface area contributed by atoms with Crippen molar-refractivity contribution in [2.45, 2.75) is 32.9 Å². The Bertz CT molecular complexity index is 1230. The van der Waals surface area contributed by atoms with E-state index in [0.717, 1.165) is 24.1 Å². The molecule has 166 valence electrons. The molecule has 3 N–H and O–H groups in total. The summed E-state index contributed by atoms with van der Waals surface area (Å²) in [5.41, 5.74) is 9.02. The van der Waals surface area contributed by atoms with Crippen LogP contribution < -0.4 is 11.1 Å². The number of aromatic nitrogens is 4. The van der Waals surface area contributed by atoms with Crippen molar-refractivity contribution < 1.29 is 13.2 Å². The zero-order valence-corrected chi connectivity index (χ0v) is 18.6. The average molecular weight is 446 g/mol. The number of nitrogens with zero attached hydrogens (tertiary/aromatic N) is 5. The van der Waals surface area contributed by atoms with E-state index >= 15 is 0 Å². The lowest BCUT2D eigenvalue weighted by atomic mass is 10.00. The monoisotopic (exact) mass is 445 g/mol. The fourth-order valence-corrected chi connectivity index (χ4v) is 5.00. The minimum absolute atomic E-state index is 0.112. The Hall–Kier alpha value is -2.92. The molecule has 4 heterocycles. The SMILES string of the molecule is CC[C@H]1CN(S(C)(=O)=O)C[C@H]1Nc1c(C(N)=O)cnn2cc(-c3cnn(CC)c3)cc12. The van der Waals surface area contributed by atoms with Crippen LogP contribution in [0, 0.1) is 5.92 Å². The third-order valence-electron chi connectivity index (χ3n) is 5.92. The van der Waals surface area contributed by atoms with E-state index in [0.29, 0.717) is 24.3 Å². The normalized spacial score (nSPS) is 19.8. The minimum Gasteiger partial charge on any atom is -0.378 e. The first kappa shape index (κ1) is 21.3. The van der Waals surface area contributed by atoms with Crippen molar-refractivity contribution in [3.05, 3.63) is 36.4 Å². The van der Waals surface area contributed by atoms with E-state index in [1.54, 1.807) is 10.7 Å². The highest BCUT2D eigenvalue weighted by molar-refractivity contribution is 7.88. The number of anilines is 1. The Kier molecular flexibility index (Phi) is 5.48. The molecular weight excluding hydrogens is 418 g/mol. The number of hydrogen-bond acceptors (Lipinski definition) is 6. The van der Waals surface area contributed by atoms with E-state index in [-0.39, 0.29) is 17.5 Å². The van der Waals surface area contributed by atoms with E-state index in [9.17, 15) is 13.2 Å². The third kappa shape index (κ3) is 4.02. The van der Waals surface area contributed by atoms with Crippen LogP contribution in [-0.4, -0.2) is 63.4 Å². The molecule has 0 unspecified atom stereocenters. The van der Waals surface area contributed by atoms with Gasteiger partial charge >= 0.3 is 0 Å². The van der Waals surface area contributed by atoms with Crippen LogP contribution in [0.5, 0.6) is 0 Å². The molecule has 1 aliphatic heterocycles. The Morgan fingerprint density at radius 2 is 1.97 bits per heavy atom. The molecule has 0 saturated carbocycles. The lowest BCUT2D eigenvalue weighted by molar-refractivity contribution is 0.100. The van der Waals surface area contributed by atoms with Crippen LogP contribution in [0.25, 0.3) is 16.6 Å². The highest BCUT2D eigenvalue weighted by atomic mass is 32.2. The summed E-state index contributed by atoms with van der Waals surface area (Å²) in [6.07, 6.45) is 9.08. The highest BCUT2D eigenvalue weighted by Gasteiger charge is 2.36. The van der Waals surface area contributed by atoms with E-state index in [4.69, 9.17) is 5.73 Å². The number of carbonyl (C=O) groups is 1. The van der Waals surface area contributed by atoms with E-state index in [2.05, 4.69) is 15.5 Å². The summed E-state index contributed by atoms with van der Waals surface area (Å²) in [6.45, 7) is 5.59. The number of rotatable bonds is 7. The van der Waals surface area contributed by atoms with Crippen molar-refractivity contribution in [3.63, 3.8) is 0 Å². The molecule has 1 amide bonds. The molecule has 1 fully saturated rings. The Morgan fingerprint density at radius 3 is 2.58 bits per heavy atom. The molecule has 0 aromatic carbocycles. The molecule has 1 saturated heterocycles. The summed E-state index contributed by atoms with van der Waals surface area (Å²) in [6, 6.07) is 1.79. The van der Waals surface area contributed by atoms with Crippen LogP contribution in [0.2, 0.25) is 0 Å². The molecule has 0 aliphatic carbocycles. The summed E-state index contributed by atoms with van der Waals surface area (Å²) < 4.78 is 29.1. The van der Waals surface area contributed by atoms with Crippen molar-refractivity contribution in [2.24, 2.45) is 11.7 Å². The number of fused-ring (bicyclic) bond motifs is 1. The van der Waals surface area contributed by atoms with Crippen molar-refractivity contribution in [1.82, 2.24) is 23.7 Å². The minimum atomic E-state index is -3.30. The van der Waals surface area contributed by atoms with Crippen LogP contribution in [0.1, 0.15) is 30.6 Å². The van der Waals surface area contributed by atoms with Gasteiger partial charge < -0.3 is 11.1 Å². The van der Waals surface area contributed by atoms with Crippen LogP contribution >= 0.6 is 0 Å². The quantitative estimate of drug-likeness (QED) is 0.566. The largest absolute Gasteiger partial charge is 0.378 e. The van der Waals surface area contributed by atoms with Gasteiger partial charge in [-0.3, -0.25) is 9.48 Å². The molecular formula is C20H27N7O3S. The number of amides is 1. The first-order valence-corrected chi connectivity index (χ1v) is 12.1. The van der Waals surface area contributed by atoms with Gasteiger partial charge in [-0.15, -0.1) is 0 Å². The van der Waals surface area contributed by atoms with Gasteiger partial charge in [0.15, 0.2) is 0 Å². The van der Waals surface area contributed by atoms with Crippen molar-refractivity contribution >= 4 is 27.1 Å². The van der Waals surface area contributed by atoms with Crippen molar-refractivity contribution in [3.8, 4) is 11.1 Å². The highest BCUT2D eigenvalue weighted by Crippen LogP contribution is 2.32. The van der Waals surface area contributed by atoms with Crippen LogP contribution in [0.3, 0.4) is 0 Å². The molecule has 31 heavy (non-hydrogen) atoms. The van der Waals surface area contributed by atoms with Gasteiger partial charge in [-0.25, -0.2) is 12.9 Å². The predicted octanol–water partition coefficient (Wildman–Crippen LogP) is 1.40. The molecule has 3 aromatic rings. The zero-order chi connectivity index (χ0) is 22.3. The van der Waals surface area contributed by atoms with Gasteiger partial charge in [0.25, 0.3) is 5.91 Å². The molecule has 2 atom stereocenters.